The molecule has 0 saturated heterocycles. The van der Waals surface area contributed by atoms with Gasteiger partial charge in [0.15, 0.2) is 0 Å². The fourth-order valence-corrected chi connectivity index (χ4v) is 2.91. The van der Waals surface area contributed by atoms with Gasteiger partial charge in [-0.1, -0.05) is 11.6 Å². The van der Waals surface area contributed by atoms with Gasteiger partial charge in [0.25, 0.3) is 0 Å². The maximum atomic E-state index is 6.05. The summed E-state index contributed by atoms with van der Waals surface area (Å²) < 4.78 is 1.93. The lowest BCUT2D eigenvalue weighted by atomic mass is 9.94. The molecular formula is C16H20N4. The Hall–Kier alpha value is -2.07. The van der Waals surface area contributed by atoms with Crippen LogP contribution in [0, 0.1) is 13.8 Å². The number of fused-ring (bicyclic) bond motifs is 1. The van der Waals surface area contributed by atoms with Crippen molar-refractivity contribution in [1.82, 2.24) is 14.8 Å². The number of aromatic nitrogens is 3. The van der Waals surface area contributed by atoms with E-state index in [9.17, 15) is 0 Å². The van der Waals surface area contributed by atoms with Gasteiger partial charge in [0, 0.05) is 42.3 Å². The number of aromatic amines is 1. The van der Waals surface area contributed by atoms with Crippen molar-refractivity contribution in [2.75, 3.05) is 6.54 Å². The summed E-state index contributed by atoms with van der Waals surface area (Å²) in [5.41, 5.74) is 11.9. The number of H-pyrrole nitrogens is 1. The molecule has 3 aromatic rings. The monoisotopic (exact) mass is 268 g/mol. The Morgan fingerprint density at radius 3 is 2.75 bits per heavy atom. The lowest BCUT2D eigenvalue weighted by molar-refractivity contribution is 0.662. The van der Waals surface area contributed by atoms with E-state index in [0.29, 0.717) is 6.54 Å². The Balaban J connectivity index is 2.16. The summed E-state index contributed by atoms with van der Waals surface area (Å²) >= 11 is 0. The highest BCUT2D eigenvalue weighted by atomic mass is 15.3. The van der Waals surface area contributed by atoms with Gasteiger partial charge in [0.05, 0.1) is 5.69 Å². The second-order valence-electron chi connectivity index (χ2n) is 5.42. The Morgan fingerprint density at radius 1 is 1.30 bits per heavy atom. The number of nitrogens with zero attached hydrogens (tertiary/aromatic N) is 2. The minimum Gasteiger partial charge on any atom is -0.361 e. The van der Waals surface area contributed by atoms with Crippen LogP contribution in [-0.2, 0) is 7.05 Å². The third-order valence-electron chi connectivity index (χ3n) is 3.88. The summed E-state index contributed by atoms with van der Waals surface area (Å²) in [6.07, 6.45) is 2.07. The molecule has 0 aliphatic rings. The molecule has 3 N–H and O–H groups in total. The molecule has 0 saturated carbocycles. The molecule has 0 radical (unpaired) electrons. The van der Waals surface area contributed by atoms with Gasteiger partial charge in [-0.3, -0.25) is 4.68 Å². The van der Waals surface area contributed by atoms with Gasteiger partial charge in [0.1, 0.15) is 0 Å². The van der Waals surface area contributed by atoms with E-state index in [0.717, 1.165) is 16.9 Å². The average Bonchev–Trinajstić information content (AvgIpc) is 2.95. The maximum Gasteiger partial charge on any atom is 0.0596 e. The number of benzene rings is 1. The molecule has 4 heteroatoms. The first kappa shape index (κ1) is 12.9. The molecule has 1 atom stereocenters. The molecule has 0 bridgehead atoms. The molecule has 0 amide bonds. The van der Waals surface area contributed by atoms with Gasteiger partial charge in [-0.2, -0.15) is 5.10 Å². The summed E-state index contributed by atoms with van der Waals surface area (Å²) in [6, 6.07) is 8.57. The molecule has 20 heavy (non-hydrogen) atoms. The van der Waals surface area contributed by atoms with Crippen molar-refractivity contribution in [1.29, 1.82) is 0 Å². The summed E-state index contributed by atoms with van der Waals surface area (Å²) in [6.45, 7) is 4.69. The zero-order valence-corrected chi connectivity index (χ0v) is 12.1. The van der Waals surface area contributed by atoms with Gasteiger partial charge in [-0.25, -0.2) is 0 Å². The molecule has 3 rings (SSSR count). The first-order chi connectivity index (χ1) is 9.60. The van der Waals surface area contributed by atoms with Crippen LogP contribution in [0.3, 0.4) is 0 Å². The fraction of sp³-hybridized carbons (Fsp3) is 0.312. The first-order valence-electron chi connectivity index (χ1n) is 6.88. The van der Waals surface area contributed by atoms with Crippen molar-refractivity contribution >= 4 is 10.9 Å². The molecule has 0 fully saturated rings. The van der Waals surface area contributed by atoms with E-state index in [2.05, 4.69) is 47.5 Å². The predicted molar refractivity (Wildman–Crippen MR) is 81.9 cm³/mol. The van der Waals surface area contributed by atoms with Gasteiger partial charge >= 0.3 is 0 Å². The van der Waals surface area contributed by atoms with Crippen molar-refractivity contribution in [3.63, 3.8) is 0 Å². The van der Waals surface area contributed by atoms with E-state index < -0.39 is 0 Å². The normalized spacial score (nSPS) is 13.0. The highest BCUT2D eigenvalue weighted by molar-refractivity contribution is 5.84. The van der Waals surface area contributed by atoms with Crippen molar-refractivity contribution < 1.29 is 0 Å². The SMILES string of the molecule is Cc1ccc2[nH]cc(C(CN)c3cc(C)nn3C)c2c1. The summed E-state index contributed by atoms with van der Waals surface area (Å²) in [5.74, 6) is 0.164. The largest absolute Gasteiger partial charge is 0.361 e. The highest BCUT2D eigenvalue weighted by Gasteiger charge is 2.20. The summed E-state index contributed by atoms with van der Waals surface area (Å²) in [7, 11) is 1.98. The smallest absolute Gasteiger partial charge is 0.0596 e. The van der Waals surface area contributed by atoms with Crippen molar-refractivity contribution in [2.45, 2.75) is 19.8 Å². The van der Waals surface area contributed by atoms with Crippen molar-refractivity contribution in [3.8, 4) is 0 Å². The van der Waals surface area contributed by atoms with Crippen LogP contribution in [0.1, 0.15) is 28.4 Å². The zero-order chi connectivity index (χ0) is 14.3. The molecule has 4 nitrogen and oxygen atoms in total. The molecule has 2 aromatic heterocycles. The average molecular weight is 268 g/mol. The highest BCUT2D eigenvalue weighted by Crippen LogP contribution is 2.30. The van der Waals surface area contributed by atoms with Gasteiger partial charge in [-0.05, 0) is 37.6 Å². The van der Waals surface area contributed by atoms with Gasteiger partial charge in [-0.15, -0.1) is 0 Å². The minimum atomic E-state index is 0.164. The van der Waals surface area contributed by atoms with E-state index >= 15 is 0 Å². The number of hydrogen-bond donors (Lipinski definition) is 2. The van der Waals surface area contributed by atoms with Crippen LogP contribution < -0.4 is 5.73 Å². The second-order valence-corrected chi connectivity index (χ2v) is 5.42. The number of nitrogens with one attached hydrogen (secondary N) is 1. The third-order valence-corrected chi connectivity index (χ3v) is 3.88. The second kappa shape index (κ2) is 4.80. The van der Waals surface area contributed by atoms with E-state index in [1.165, 1.54) is 16.5 Å². The molecular weight excluding hydrogens is 248 g/mol. The van der Waals surface area contributed by atoms with Gasteiger partial charge < -0.3 is 10.7 Å². The molecule has 104 valence electrons. The van der Waals surface area contributed by atoms with Crippen LogP contribution in [0.5, 0.6) is 0 Å². The van der Waals surface area contributed by atoms with Crippen LogP contribution >= 0.6 is 0 Å². The lowest BCUT2D eigenvalue weighted by Crippen LogP contribution is -2.16. The molecule has 0 aliphatic heterocycles. The number of nitrogens with two attached hydrogens (primary N) is 1. The number of rotatable bonds is 3. The van der Waals surface area contributed by atoms with Crippen LogP contribution in [0.2, 0.25) is 0 Å². The van der Waals surface area contributed by atoms with E-state index in [1.54, 1.807) is 0 Å². The predicted octanol–water partition coefficient (Wildman–Crippen LogP) is 2.61. The van der Waals surface area contributed by atoms with Crippen molar-refractivity contribution in [2.24, 2.45) is 12.8 Å². The fourth-order valence-electron chi connectivity index (χ4n) is 2.91. The summed E-state index contributed by atoms with van der Waals surface area (Å²) in [4.78, 5) is 3.34. The number of hydrogen-bond acceptors (Lipinski definition) is 2. The molecule has 1 unspecified atom stereocenters. The van der Waals surface area contributed by atoms with Crippen LogP contribution in [0.4, 0.5) is 0 Å². The van der Waals surface area contributed by atoms with Crippen LogP contribution in [0.25, 0.3) is 10.9 Å². The van der Waals surface area contributed by atoms with Crippen LogP contribution in [0.15, 0.2) is 30.5 Å². The van der Waals surface area contributed by atoms with E-state index in [1.807, 2.05) is 18.7 Å². The summed E-state index contributed by atoms with van der Waals surface area (Å²) in [5, 5.41) is 5.69. The molecule has 1 aromatic carbocycles. The third kappa shape index (κ3) is 2.02. The molecule has 0 aliphatic carbocycles. The van der Waals surface area contributed by atoms with Crippen LogP contribution in [-0.4, -0.2) is 21.3 Å². The topological polar surface area (TPSA) is 59.6 Å². The Bertz CT molecular complexity index is 751. The maximum absolute atomic E-state index is 6.05. The lowest BCUT2D eigenvalue weighted by Gasteiger charge is -2.14. The minimum absolute atomic E-state index is 0.164. The number of aryl methyl sites for hydroxylation is 3. The Morgan fingerprint density at radius 2 is 2.10 bits per heavy atom. The quantitative estimate of drug-likeness (QED) is 0.767. The zero-order valence-electron chi connectivity index (χ0n) is 12.1. The van der Waals surface area contributed by atoms with Gasteiger partial charge in [0.2, 0.25) is 0 Å². The molecule has 0 spiro atoms. The van der Waals surface area contributed by atoms with E-state index in [-0.39, 0.29) is 5.92 Å². The first-order valence-corrected chi connectivity index (χ1v) is 6.88. The Kier molecular flexibility index (Phi) is 3.10. The Labute approximate surface area is 118 Å². The molecule has 2 heterocycles. The van der Waals surface area contributed by atoms with Crippen molar-refractivity contribution in [3.05, 3.63) is 53.0 Å². The van der Waals surface area contributed by atoms with E-state index in [4.69, 9.17) is 5.73 Å². The standard InChI is InChI=1S/C16H20N4/c1-10-4-5-15-12(6-10)14(9-18-15)13(8-17)16-7-11(2)19-20(16)3/h4-7,9,13,18H,8,17H2,1-3H3.